The van der Waals surface area contributed by atoms with Crippen LogP contribution in [-0.2, 0) is 6.42 Å². The maximum Gasteiger partial charge on any atom is 0.255 e. The third kappa shape index (κ3) is 4.55. The van der Waals surface area contributed by atoms with E-state index in [0.717, 1.165) is 17.7 Å². The zero-order chi connectivity index (χ0) is 15.9. The van der Waals surface area contributed by atoms with E-state index in [4.69, 9.17) is 0 Å². The van der Waals surface area contributed by atoms with Crippen LogP contribution in [-0.4, -0.2) is 28.5 Å². The predicted octanol–water partition coefficient (Wildman–Crippen LogP) is 2.58. The van der Waals surface area contributed by atoms with Gasteiger partial charge in [0, 0.05) is 30.7 Å². The van der Waals surface area contributed by atoms with E-state index in [-0.39, 0.29) is 11.9 Å². The lowest BCUT2D eigenvalue weighted by atomic mass is 10.2. The molecular formula is C17H22N4O. The normalized spacial score (nSPS) is 10.5. The lowest BCUT2D eigenvalue weighted by Crippen LogP contribution is -2.27. The van der Waals surface area contributed by atoms with Crippen molar-refractivity contribution >= 4 is 11.7 Å². The Labute approximate surface area is 131 Å². The number of rotatable bonds is 6. The van der Waals surface area contributed by atoms with Crippen LogP contribution in [0.2, 0.25) is 0 Å². The van der Waals surface area contributed by atoms with Gasteiger partial charge in [-0.3, -0.25) is 9.78 Å². The van der Waals surface area contributed by atoms with Gasteiger partial charge < -0.3 is 10.6 Å². The molecule has 5 nitrogen and oxygen atoms in total. The zero-order valence-corrected chi connectivity index (χ0v) is 13.3. The van der Waals surface area contributed by atoms with E-state index >= 15 is 0 Å². The minimum atomic E-state index is -0.115. The maximum absolute atomic E-state index is 12.3. The van der Waals surface area contributed by atoms with E-state index in [2.05, 4.69) is 20.6 Å². The molecule has 1 amide bonds. The van der Waals surface area contributed by atoms with Crippen LogP contribution in [0.1, 0.15) is 35.5 Å². The molecule has 0 aliphatic carbocycles. The minimum absolute atomic E-state index is 0.115. The second-order valence-electron chi connectivity index (χ2n) is 5.51. The van der Waals surface area contributed by atoms with Crippen molar-refractivity contribution in [2.45, 2.75) is 33.2 Å². The number of pyridine rings is 2. The number of nitrogens with zero attached hydrogens (tertiary/aromatic N) is 2. The summed E-state index contributed by atoms with van der Waals surface area (Å²) in [7, 11) is 0. The maximum atomic E-state index is 12.3. The van der Waals surface area contributed by atoms with Crippen LogP contribution in [0.25, 0.3) is 0 Å². The Bertz CT molecular complexity index is 623. The largest absolute Gasteiger partial charge is 0.367 e. The fourth-order valence-electron chi connectivity index (χ4n) is 2.04. The average Bonchev–Trinajstić information content (AvgIpc) is 2.49. The van der Waals surface area contributed by atoms with E-state index in [1.807, 2.05) is 39.1 Å². The number of hydrogen-bond donors (Lipinski definition) is 2. The molecule has 0 bridgehead atoms. The highest BCUT2D eigenvalue weighted by Crippen LogP contribution is 2.12. The molecular weight excluding hydrogens is 276 g/mol. The van der Waals surface area contributed by atoms with E-state index < -0.39 is 0 Å². The Balaban J connectivity index is 1.93. The molecule has 0 aromatic carbocycles. The van der Waals surface area contributed by atoms with Crippen molar-refractivity contribution in [1.82, 2.24) is 15.3 Å². The Morgan fingerprint density at radius 1 is 1.23 bits per heavy atom. The summed E-state index contributed by atoms with van der Waals surface area (Å²) in [6.45, 7) is 6.55. The Kier molecular flexibility index (Phi) is 5.47. The number of nitrogens with one attached hydrogen (secondary N) is 2. The van der Waals surface area contributed by atoms with E-state index in [9.17, 15) is 4.79 Å². The van der Waals surface area contributed by atoms with Crippen molar-refractivity contribution < 1.29 is 4.79 Å². The monoisotopic (exact) mass is 298 g/mol. The molecule has 2 N–H and O–H groups in total. The lowest BCUT2D eigenvalue weighted by molar-refractivity contribution is 0.0954. The van der Waals surface area contributed by atoms with Crippen molar-refractivity contribution in [3.8, 4) is 0 Å². The summed E-state index contributed by atoms with van der Waals surface area (Å²) in [4.78, 5) is 20.8. The molecule has 0 unspecified atom stereocenters. The molecule has 0 atom stereocenters. The second-order valence-corrected chi connectivity index (χ2v) is 5.51. The third-order valence-electron chi connectivity index (χ3n) is 3.15. The van der Waals surface area contributed by atoms with Gasteiger partial charge in [0.1, 0.15) is 5.82 Å². The van der Waals surface area contributed by atoms with Crippen LogP contribution >= 0.6 is 0 Å². The molecule has 0 spiro atoms. The van der Waals surface area contributed by atoms with E-state index in [1.54, 1.807) is 18.3 Å². The predicted molar refractivity (Wildman–Crippen MR) is 88.0 cm³/mol. The Morgan fingerprint density at radius 2 is 2.05 bits per heavy atom. The highest BCUT2D eigenvalue weighted by atomic mass is 16.1. The number of aryl methyl sites for hydroxylation is 1. The van der Waals surface area contributed by atoms with Crippen molar-refractivity contribution in [1.29, 1.82) is 0 Å². The minimum Gasteiger partial charge on any atom is -0.367 e. The van der Waals surface area contributed by atoms with Gasteiger partial charge in [-0.15, -0.1) is 0 Å². The summed E-state index contributed by atoms with van der Waals surface area (Å²) >= 11 is 0. The van der Waals surface area contributed by atoms with Crippen molar-refractivity contribution in [3.63, 3.8) is 0 Å². The standard InChI is InChI=1S/C17H22N4O/c1-12(2)21-16-15(5-4-9-18-16)17(22)19-10-8-14-7-6-13(3)20-11-14/h4-7,9,11-12H,8,10H2,1-3H3,(H,18,21)(H,19,22). The van der Waals surface area contributed by atoms with Gasteiger partial charge >= 0.3 is 0 Å². The Morgan fingerprint density at radius 3 is 2.73 bits per heavy atom. The van der Waals surface area contributed by atoms with E-state index in [1.165, 1.54) is 0 Å². The SMILES string of the molecule is Cc1ccc(CCNC(=O)c2cccnc2NC(C)C)cn1. The molecule has 2 heterocycles. The first-order valence-corrected chi connectivity index (χ1v) is 7.47. The van der Waals surface area contributed by atoms with Gasteiger partial charge in [-0.25, -0.2) is 4.98 Å². The third-order valence-corrected chi connectivity index (χ3v) is 3.15. The molecule has 0 fully saturated rings. The van der Waals surface area contributed by atoms with Gasteiger partial charge in [-0.2, -0.15) is 0 Å². The quantitative estimate of drug-likeness (QED) is 0.860. The van der Waals surface area contributed by atoms with Crippen LogP contribution in [0.4, 0.5) is 5.82 Å². The molecule has 2 aromatic heterocycles. The van der Waals surface area contributed by atoms with Gasteiger partial charge in [0.2, 0.25) is 0 Å². The topological polar surface area (TPSA) is 66.9 Å². The molecule has 22 heavy (non-hydrogen) atoms. The molecule has 0 aliphatic heterocycles. The zero-order valence-electron chi connectivity index (χ0n) is 13.3. The molecule has 5 heteroatoms. The molecule has 0 saturated heterocycles. The number of amides is 1. The number of hydrogen-bond acceptors (Lipinski definition) is 4. The van der Waals surface area contributed by atoms with E-state index in [0.29, 0.717) is 17.9 Å². The highest BCUT2D eigenvalue weighted by Gasteiger charge is 2.12. The highest BCUT2D eigenvalue weighted by molar-refractivity contribution is 5.98. The van der Waals surface area contributed by atoms with Crippen LogP contribution in [0.3, 0.4) is 0 Å². The van der Waals surface area contributed by atoms with Gasteiger partial charge in [0.25, 0.3) is 5.91 Å². The fraction of sp³-hybridized carbons (Fsp3) is 0.353. The number of anilines is 1. The van der Waals surface area contributed by atoms with Gasteiger partial charge in [0.05, 0.1) is 5.56 Å². The first-order chi connectivity index (χ1) is 10.6. The molecule has 2 aromatic rings. The summed E-state index contributed by atoms with van der Waals surface area (Å²) in [6.07, 6.45) is 4.28. The summed E-state index contributed by atoms with van der Waals surface area (Å²) in [5.41, 5.74) is 2.67. The summed E-state index contributed by atoms with van der Waals surface area (Å²) in [5.74, 6) is 0.503. The molecule has 0 radical (unpaired) electrons. The average molecular weight is 298 g/mol. The van der Waals surface area contributed by atoms with Crippen LogP contribution in [0, 0.1) is 6.92 Å². The summed E-state index contributed by atoms with van der Waals surface area (Å²) < 4.78 is 0. The summed E-state index contributed by atoms with van der Waals surface area (Å²) in [6, 6.07) is 7.78. The second kappa shape index (κ2) is 7.54. The number of carbonyl (C=O) groups excluding carboxylic acids is 1. The lowest BCUT2D eigenvalue weighted by Gasteiger charge is -2.13. The molecule has 116 valence electrons. The van der Waals surface area contributed by atoms with Crippen molar-refractivity contribution in [2.24, 2.45) is 0 Å². The molecule has 0 aliphatic rings. The van der Waals surface area contributed by atoms with Gasteiger partial charge in [-0.05, 0) is 51.0 Å². The van der Waals surface area contributed by atoms with Crippen molar-refractivity contribution in [2.75, 3.05) is 11.9 Å². The van der Waals surface area contributed by atoms with Crippen LogP contribution in [0.15, 0.2) is 36.7 Å². The molecule has 2 rings (SSSR count). The smallest absolute Gasteiger partial charge is 0.255 e. The fourth-order valence-corrected chi connectivity index (χ4v) is 2.04. The van der Waals surface area contributed by atoms with Gasteiger partial charge in [-0.1, -0.05) is 6.07 Å². The summed E-state index contributed by atoms with van der Waals surface area (Å²) in [5, 5.41) is 6.12. The Hall–Kier alpha value is -2.43. The first kappa shape index (κ1) is 15.9. The number of carbonyl (C=O) groups is 1. The van der Waals surface area contributed by atoms with Crippen LogP contribution < -0.4 is 10.6 Å². The molecule has 0 saturated carbocycles. The number of aromatic nitrogens is 2. The van der Waals surface area contributed by atoms with Crippen LogP contribution in [0.5, 0.6) is 0 Å². The first-order valence-electron chi connectivity index (χ1n) is 7.47. The van der Waals surface area contributed by atoms with Crippen molar-refractivity contribution in [3.05, 3.63) is 53.5 Å². The van der Waals surface area contributed by atoms with Gasteiger partial charge in [0.15, 0.2) is 0 Å².